The van der Waals surface area contributed by atoms with Gasteiger partial charge in [-0.3, -0.25) is 14.5 Å². The minimum atomic E-state index is -4.97. The van der Waals surface area contributed by atoms with E-state index in [1.807, 2.05) is 11.9 Å². The first-order chi connectivity index (χ1) is 20.9. The van der Waals surface area contributed by atoms with Crippen LogP contribution in [0.4, 0.5) is 26.3 Å². The molecule has 4 rings (SSSR count). The molecule has 2 heterocycles. The zero-order valence-electron chi connectivity index (χ0n) is 24.0. The van der Waals surface area contributed by atoms with Gasteiger partial charge in [-0.1, -0.05) is 5.16 Å². The SMILES string of the molecule is CN1CCC(ONC(=O)COc2ccc(/C(CN3CCOCC3)=N\OCc3cc(C(F)(F)F)cc(C(F)(F)F)c3)cc2)CC1. The monoisotopic (exact) mass is 632 g/mol. The van der Waals surface area contributed by atoms with Crippen LogP contribution in [0.25, 0.3) is 0 Å². The summed E-state index contributed by atoms with van der Waals surface area (Å²) in [5.74, 6) is -0.0577. The van der Waals surface area contributed by atoms with Crippen LogP contribution in [-0.4, -0.2) is 87.1 Å². The molecule has 0 spiro atoms. The van der Waals surface area contributed by atoms with Crippen molar-refractivity contribution in [3.8, 4) is 5.75 Å². The number of nitrogens with zero attached hydrogens (tertiary/aromatic N) is 3. The maximum Gasteiger partial charge on any atom is 0.416 e. The number of rotatable bonds is 11. The Morgan fingerprint density at radius 3 is 2.16 bits per heavy atom. The van der Waals surface area contributed by atoms with Gasteiger partial charge < -0.3 is 19.2 Å². The van der Waals surface area contributed by atoms with Gasteiger partial charge in [-0.2, -0.15) is 26.3 Å². The molecule has 0 bridgehead atoms. The second-order valence-corrected chi connectivity index (χ2v) is 10.6. The number of morpholine rings is 1. The van der Waals surface area contributed by atoms with E-state index in [1.54, 1.807) is 24.3 Å². The molecule has 2 aliphatic heterocycles. The molecule has 0 unspecified atom stereocenters. The molecular formula is C29H34F6N4O5. The number of carbonyl (C=O) groups is 1. The zero-order valence-corrected chi connectivity index (χ0v) is 24.0. The summed E-state index contributed by atoms with van der Waals surface area (Å²) in [7, 11) is 2.02. The van der Waals surface area contributed by atoms with E-state index in [9.17, 15) is 31.1 Å². The van der Waals surface area contributed by atoms with Crippen molar-refractivity contribution in [3.05, 3.63) is 64.7 Å². The number of carbonyl (C=O) groups excluding carboxylic acids is 1. The maximum atomic E-state index is 13.2. The molecule has 2 fully saturated rings. The standard InChI is InChI=1S/C29H34F6N4O5/c1-38-8-6-25(7-9-38)44-37-27(40)19-42-24-4-2-21(3-5-24)26(17-39-10-12-41-13-11-39)36-43-18-20-14-22(28(30,31)32)16-23(15-20)29(33,34)35/h2-5,14-16,25H,6-13,17-19H2,1H3,(H,37,40)/b36-26-. The fraction of sp³-hybridized carbons (Fsp3) is 0.517. The molecule has 15 heteroatoms. The Bertz CT molecular complexity index is 1230. The predicted molar refractivity (Wildman–Crippen MR) is 147 cm³/mol. The molecule has 44 heavy (non-hydrogen) atoms. The van der Waals surface area contributed by atoms with E-state index in [2.05, 4.69) is 15.5 Å². The van der Waals surface area contributed by atoms with Gasteiger partial charge in [-0.05, 0) is 67.9 Å². The van der Waals surface area contributed by atoms with Gasteiger partial charge in [0, 0.05) is 38.3 Å². The molecule has 0 aromatic heterocycles. The molecule has 2 aromatic carbocycles. The van der Waals surface area contributed by atoms with Crippen molar-refractivity contribution in [3.63, 3.8) is 0 Å². The fourth-order valence-electron chi connectivity index (χ4n) is 4.61. The van der Waals surface area contributed by atoms with Crippen molar-refractivity contribution in [2.45, 2.75) is 37.9 Å². The first-order valence-corrected chi connectivity index (χ1v) is 14.0. The average molecular weight is 633 g/mol. The number of likely N-dealkylation sites (tertiary alicyclic amines) is 1. The van der Waals surface area contributed by atoms with E-state index in [4.69, 9.17) is 19.1 Å². The molecule has 2 aliphatic rings. The Kier molecular flexibility index (Phi) is 11.5. The number of amides is 1. The molecule has 9 nitrogen and oxygen atoms in total. The van der Waals surface area contributed by atoms with E-state index in [0.29, 0.717) is 55.5 Å². The zero-order chi connectivity index (χ0) is 31.7. The summed E-state index contributed by atoms with van der Waals surface area (Å²) < 4.78 is 90.3. The van der Waals surface area contributed by atoms with Crippen molar-refractivity contribution in [2.24, 2.45) is 5.16 Å². The van der Waals surface area contributed by atoms with Crippen LogP contribution in [0.1, 0.15) is 35.1 Å². The van der Waals surface area contributed by atoms with Crippen molar-refractivity contribution in [2.75, 3.05) is 59.6 Å². The van der Waals surface area contributed by atoms with Crippen molar-refractivity contribution in [1.29, 1.82) is 0 Å². The highest BCUT2D eigenvalue weighted by molar-refractivity contribution is 6.01. The first-order valence-electron chi connectivity index (χ1n) is 14.0. The summed E-state index contributed by atoms with van der Waals surface area (Å²) in [6.07, 6.45) is -8.37. The lowest BCUT2D eigenvalue weighted by molar-refractivity contribution is -0.143. The fourth-order valence-corrected chi connectivity index (χ4v) is 4.61. The van der Waals surface area contributed by atoms with Crippen LogP contribution in [0.2, 0.25) is 0 Å². The van der Waals surface area contributed by atoms with Gasteiger partial charge in [-0.25, -0.2) is 5.48 Å². The third-order valence-corrected chi connectivity index (χ3v) is 7.09. The van der Waals surface area contributed by atoms with E-state index < -0.39 is 36.0 Å². The maximum absolute atomic E-state index is 13.2. The molecule has 0 saturated carbocycles. The number of benzene rings is 2. The molecule has 0 radical (unpaired) electrons. The number of piperidine rings is 1. The van der Waals surface area contributed by atoms with Crippen molar-refractivity contribution < 1.29 is 50.3 Å². The van der Waals surface area contributed by atoms with Gasteiger partial charge in [0.2, 0.25) is 0 Å². The smallest absolute Gasteiger partial charge is 0.416 e. The third kappa shape index (κ3) is 10.4. The second-order valence-electron chi connectivity index (χ2n) is 10.6. The van der Waals surface area contributed by atoms with E-state index >= 15 is 0 Å². The Hall–Kier alpha value is -3.40. The Morgan fingerprint density at radius 2 is 1.57 bits per heavy atom. The molecular weight excluding hydrogens is 598 g/mol. The summed E-state index contributed by atoms with van der Waals surface area (Å²) >= 11 is 0. The summed E-state index contributed by atoms with van der Waals surface area (Å²) in [5.41, 5.74) is 0.201. The number of halogens is 6. The molecule has 2 aromatic rings. The number of hydroxylamine groups is 1. The first kappa shape index (κ1) is 33.5. The summed E-state index contributed by atoms with van der Waals surface area (Å²) in [5, 5.41) is 4.09. The molecule has 242 valence electrons. The minimum absolute atomic E-state index is 0.0545. The van der Waals surface area contributed by atoms with Gasteiger partial charge in [0.15, 0.2) is 6.61 Å². The summed E-state index contributed by atoms with van der Waals surface area (Å²) in [6.45, 7) is 3.34. The Morgan fingerprint density at radius 1 is 0.955 bits per heavy atom. The van der Waals surface area contributed by atoms with Crippen LogP contribution in [0.5, 0.6) is 5.75 Å². The lowest BCUT2D eigenvalue weighted by atomic mass is 10.1. The van der Waals surface area contributed by atoms with E-state index in [1.165, 1.54) is 0 Å². The summed E-state index contributed by atoms with van der Waals surface area (Å²) in [6, 6.07) is 7.82. The predicted octanol–water partition coefficient (Wildman–Crippen LogP) is 4.50. The number of oxime groups is 1. The van der Waals surface area contributed by atoms with Crippen LogP contribution < -0.4 is 10.2 Å². The molecule has 1 amide bonds. The van der Waals surface area contributed by atoms with Crippen LogP contribution in [0.3, 0.4) is 0 Å². The third-order valence-electron chi connectivity index (χ3n) is 7.09. The molecule has 2 saturated heterocycles. The Balaban J connectivity index is 1.39. The number of alkyl halides is 6. The van der Waals surface area contributed by atoms with Gasteiger partial charge in [0.1, 0.15) is 18.1 Å². The van der Waals surface area contributed by atoms with Crippen molar-refractivity contribution >= 4 is 11.6 Å². The van der Waals surface area contributed by atoms with Crippen LogP contribution in [0, 0.1) is 0 Å². The van der Waals surface area contributed by atoms with Crippen LogP contribution in [0.15, 0.2) is 47.6 Å². The lowest BCUT2D eigenvalue weighted by Gasteiger charge is -2.28. The largest absolute Gasteiger partial charge is 0.484 e. The summed E-state index contributed by atoms with van der Waals surface area (Å²) in [4.78, 5) is 27.1. The molecule has 1 N–H and O–H groups in total. The normalized spacial score (nSPS) is 17.8. The Labute approximate surface area is 250 Å². The second kappa shape index (κ2) is 15.1. The van der Waals surface area contributed by atoms with E-state index in [-0.39, 0.29) is 30.9 Å². The highest BCUT2D eigenvalue weighted by Gasteiger charge is 2.37. The number of ether oxygens (including phenoxy) is 2. The molecule has 0 aliphatic carbocycles. The highest BCUT2D eigenvalue weighted by Crippen LogP contribution is 2.36. The highest BCUT2D eigenvalue weighted by atomic mass is 19.4. The van der Waals surface area contributed by atoms with Crippen LogP contribution >= 0.6 is 0 Å². The van der Waals surface area contributed by atoms with Crippen LogP contribution in [-0.2, 0) is 38.2 Å². The van der Waals surface area contributed by atoms with Gasteiger partial charge >= 0.3 is 12.4 Å². The van der Waals surface area contributed by atoms with Gasteiger partial charge in [0.05, 0.1) is 30.4 Å². The number of hydrogen-bond acceptors (Lipinski definition) is 8. The molecule has 0 atom stereocenters. The van der Waals surface area contributed by atoms with Gasteiger partial charge in [0.25, 0.3) is 5.91 Å². The van der Waals surface area contributed by atoms with E-state index in [0.717, 1.165) is 25.9 Å². The van der Waals surface area contributed by atoms with Crippen molar-refractivity contribution in [1.82, 2.24) is 15.3 Å². The quantitative estimate of drug-likeness (QED) is 0.222. The number of nitrogens with one attached hydrogen (secondary N) is 1. The average Bonchev–Trinajstić information content (AvgIpc) is 2.99. The lowest BCUT2D eigenvalue weighted by Crippen LogP contribution is -2.39. The number of hydrogen-bond donors (Lipinski definition) is 1. The topological polar surface area (TPSA) is 84.9 Å². The van der Waals surface area contributed by atoms with Gasteiger partial charge in [-0.15, -0.1) is 0 Å². The minimum Gasteiger partial charge on any atom is -0.484 e.